The molecule has 0 aliphatic heterocycles. The summed E-state index contributed by atoms with van der Waals surface area (Å²) in [7, 11) is 0. The normalized spacial score (nSPS) is 18.5. The lowest BCUT2D eigenvalue weighted by Crippen LogP contribution is -2.13. The van der Waals surface area contributed by atoms with Gasteiger partial charge in [-0.15, -0.1) is 0 Å². The molecule has 2 aliphatic rings. The molecule has 0 spiro atoms. The van der Waals surface area contributed by atoms with Crippen LogP contribution in [0, 0.1) is 12.8 Å². The van der Waals surface area contributed by atoms with Gasteiger partial charge in [-0.05, 0) is 106 Å². The van der Waals surface area contributed by atoms with Crippen LogP contribution < -0.4 is 0 Å². The van der Waals surface area contributed by atoms with Crippen molar-refractivity contribution in [3.05, 3.63) is 133 Å². The molecule has 0 fully saturated rings. The van der Waals surface area contributed by atoms with E-state index in [1.807, 2.05) is 0 Å². The van der Waals surface area contributed by atoms with Crippen molar-refractivity contribution in [2.75, 3.05) is 0 Å². The minimum atomic E-state index is 0.378. The Morgan fingerprint density at radius 3 is 1.95 bits per heavy atom. The first-order valence-electron chi connectivity index (χ1n) is 15.7. The van der Waals surface area contributed by atoms with Gasteiger partial charge in [0.25, 0.3) is 0 Å². The number of hydrogen-bond acceptors (Lipinski definition) is 1. The van der Waals surface area contributed by atoms with Gasteiger partial charge in [0.1, 0.15) is 5.82 Å². The van der Waals surface area contributed by atoms with Crippen molar-refractivity contribution >= 4 is 38.2 Å². The largest absolute Gasteiger partial charge is 0.321 e. The minimum Gasteiger partial charge on any atom is -0.321 e. The zero-order valence-corrected chi connectivity index (χ0v) is 24.9. The lowest BCUT2D eigenvalue weighted by Gasteiger charge is -2.23. The van der Waals surface area contributed by atoms with Gasteiger partial charge < -0.3 is 4.57 Å². The zero-order chi connectivity index (χ0) is 28.9. The Hall–Kier alpha value is -4.69. The number of hydrogen-bond donors (Lipinski definition) is 0. The van der Waals surface area contributed by atoms with E-state index < -0.39 is 0 Å². The molecule has 2 aliphatic carbocycles. The molecule has 2 heteroatoms. The third kappa shape index (κ3) is 4.44. The fraction of sp³-hybridized carbons (Fsp3) is 0.195. The van der Waals surface area contributed by atoms with Gasteiger partial charge in [0.15, 0.2) is 0 Å². The first-order valence-corrected chi connectivity index (χ1v) is 15.7. The molecule has 5 aromatic carbocycles. The molecule has 2 nitrogen and oxygen atoms in total. The third-order valence-electron chi connectivity index (χ3n) is 9.50. The number of nitrogens with zero attached hydrogens (tertiary/aromatic N) is 2. The summed E-state index contributed by atoms with van der Waals surface area (Å²) in [4.78, 5) is 4.92. The molecule has 0 saturated heterocycles. The molecule has 2 atom stereocenters. The molecule has 1 aromatic heterocycles. The van der Waals surface area contributed by atoms with Gasteiger partial charge in [0.05, 0.1) is 17.1 Å². The van der Waals surface area contributed by atoms with Crippen LogP contribution in [0.3, 0.4) is 0 Å². The molecular weight excluding hydrogens is 520 g/mol. The van der Waals surface area contributed by atoms with E-state index >= 15 is 0 Å². The van der Waals surface area contributed by atoms with Crippen LogP contribution in [0.15, 0.2) is 121 Å². The van der Waals surface area contributed by atoms with Crippen LogP contribution in [0.1, 0.15) is 50.0 Å². The van der Waals surface area contributed by atoms with E-state index in [9.17, 15) is 0 Å². The van der Waals surface area contributed by atoms with Crippen molar-refractivity contribution in [1.82, 2.24) is 9.55 Å². The summed E-state index contributed by atoms with van der Waals surface area (Å²) >= 11 is 0. The Bertz CT molecular complexity index is 2050. The maximum absolute atomic E-state index is 4.92. The summed E-state index contributed by atoms with van der Waals surface area (Å²) in [6.07, 6.45) is 16.4. The predicted octanol–water partition coefficient (Wildman–Crippen LogP) is 11.2. The molecule has 0 bridgehead atoms. The van der Waals surface area contributed by atoms with Crippen molar-refractivity contribution in [3.8, 4) is 22.3 Å². The highest BCUT2D eigenvalue weighted by molar-refractivity contribution is 6.19. The van der Waals surface area contributed by atoms with Gasteiger partial charge in [-0.3, -0.25) is 0 Å². The van der Waals surface area contributed by atoms with Crippen LogP contribution in [-0.4, -0.2) is 9.55 Å². The lowest BCUT2D eigenvalue weighted by atomic mass is 9.84. The second-order valence-corrected chi connectivity index (χ2v) is 12.3. The van der Waals surface area contributed by atoms with E-state index in [0.29, 0.717) is 12.0 Å². The van der Waals surface area contributed by atoms with Crippen LogP contribution in [0.25, 0.3) is 60.4 Å². The van der Waals surface area contributed by atoms with Gasteiger partial charge in [0, 0.05) is 0 Å². The Labute approximate surface area is 253 Å². The lowest BCUT2D eigenvalue weighted by molar-refractivity contribution is 0.465. The smallest absolute Gasteiger partial charge is 0.107 e. The Kier molecular flexibility index (Phi) is 6.37. The molecule has 1 heterocycles. The fourth-order valence-corrected chi connectivity index (χ4v) is 7.35. The van der Waals surface area contributed by atoms with Crippen LogP contribution >= 0.6 is 0 Å². The molecule has 43 heavy (non-hydrogen) atoms. The standard InChI is InChI=1S/C41H36N2/c1-27-16-23-33(24-17-27)43-28(2)42-38-25-22-32(26-39(38)43)29-18-20-31(21-19-29)41-36-14-8-6-12-34(36)40(30-10-4-3-5-11-30)35-13-7-9-15-37(35)41/h4,6-16,18-23,25-27,33H,3,5,17,24H2,1-2H3. The second kappa shape index (κ2) is 10.5. The summed E-state index contributed by atoms with van der Waals surface area (Å²) in [6.45, 7) is 4.44. The monoisotopic (exact) mass is 556 g/mol. The molecule has 2 unspecified atom stereocenters. The van der Waals surface area contributed by atoms with Gasteiger partial charge in [-0.2, -0.15) is 0 Å². The summed E-state index contributed by atoms with van der Waals surface area (Å²) in [6, 6.07) is 34.2. The van der Waals surface area contributed by atoms with Crippen LogP contribution in [-0.2, 0) is 0 Å². The maximum Gasteiger partial charge on any atom is 0.107 e. The number of benzene rings is 5. The molecular formula is C41H36N2. The summed E-state index contributed by atoms with van der Waals surface area (Å²) in [5.41, 5.74) is 10.0. The number of aromatic nitrogens is 2. The van der Waals surface area contributed by atoms with Crippen molar-refractivity contribution in [1.29, 1.82) is 0 Å². The molecule has 210 valence electrons. The highest BCUT2D eigenvalue weighted by Gasteiger charge is 2.20. The van der Waals surface area contributed by atoms with Crippen LogP contribution in [0.2, 0.25) is 0 Å². The predicted molar refractivity (Wildman–Crippen MR) is 183 cm³/mol. The minimum absolute atomic E-state index is 0.378. The van der Waals surface area contributed by atoms with E-state index in [1.165, 1.54) is 66.9 Å². The zero-order valence-electron chi connectivity index (χ0n) is 24.9. The van der Waals surface area contributed by atoms with Crippen molar-refractivity contribution in [2.45, 2.75) is 45.6 Å². The fourth-order valence-electron chi connectivity index (χ4n) is 7.35. The van der Waals surface area contributed by atoms with Crippen molar-refractivity contribution in [3.63, 3.8) is 0 Å². The van der Waals surface area contributed by atoms with E-state index in [4.69, 9.17) is 4.98 Å². The average molecular weight is 557 g/mol. The quantitative estimate of drug-likeness (QED) is 0.156. The van der Waals surface area contributed by atoms with E-state index in [0.717, 1.165) is 30.6 Å². The highest BCUT2D eigenvalue weighted by Crippen LogP contribution is 2.43. The third-order valence-corrected chi connectivity index (χ3v) is 9.50. The molecule has 6 aromatic rings. The van der Waals surface area contributed by atoms with E-state index in [1.54, 1.807) is 0 Å². The first kappa shape index (κ1) is 26.0. The second-order valence-electron chi connectivity index (χ2n) is 12.3. The number of rotatable bonds is 4. The van der Waals surface area contributed by atoms with E-state index in [2.05, 4.69) is 140 Å². The topological polar surface area (TPSA) is 17.8 Å². The van der Waals surface area contributed by atoms with Crippen LogP contribution in [0.4, 0.5) is 0 Å². The molecule has 0 radical (unpaired) electrons. The summed E-state index contributed by atoms with van der Waals surface area (Å²) < 4.78 is 2.44. The van der Waals surface area contributed by atoms with Crippen molar-refractivity contribution < 1.29 is 0 Å². The average Bonchev–Trinajstić information content (AvgIpc) is 3.39. The number of aryl methyl sites for hydroxylation is 1. The molecule has 8 rings (SSSR count). The number of imidazole rings is 1. The molecule has 0 N–H and O–H groups in total. The van der Waals surface area contributed by atoms with Crippen molar-refractivity contribution in [2.24, 2.45) is 5.92 Å². The first-order chi connectivity index (χ1) is 21.2. The number of fused-ring (bicyclic) bond motifs is 3. The molecule has 0 amide bonds. The Morgan fingerprint density at radius 1 is 0.674 bits per heavy atom. The SMILES string of the molecule is Cc1nc2ccc(-c3ccc(-c4c5ccccc5c(C5=CCCC=C5)c5ccccc45)cc3)cc2n1C1C=CC(C)CC1. The van der Waals surface area contributed by atoms with Gasteiger partial charge in [-0.1, -0.05) is 116 Å². The maximum atomic E-state index is 4.92. The number of allylic oxidation sites excluding steroid dienone is 6. The van der Waals surface area contributed by atoms with Gasteiger partial charge in [-0.25, -0.2) is 4.98 Å². The highest BCUT2D eigenvalue weighted by atomic mass is 15.1. The Balaban J connectivity index is 1.24. The Morgan fingerprint density at radius 2 is 1.33 bits per heavy atom. The van der Waals surface area contributed by atoms with E-state index in [-0.39, 0.29) is 0 Å². The summed E-state index contributed by atoms with van der Waals surface area (Å²) in [5.74, 6) is 1.75. The van der Waals surface area contributed by atoms with Gasteiger partial charge in [0.2, 0.25) is 0 Å². The summed E-state index contributed by atoms with van der Waals surface area (Å²) in [5, 5.41) is 5.25. The van der Waals surface area contributed by atoms with Crippen LogP contribution in [0.5, 0.6) is 0 Å². The molecule has 0 saturated carbocycles. The van der Waals surface area contributed by atoms with Gasteiger partial charge >= 0.3 is 0 Å².